The number of hydrogen-bond acceptors (Lipinski definition) is 5. The third-order valence-electron chi connectivity index (χ3n) is 6.46. The monoisotopic (exact) mass is 425 g/mol. The van der Waals surface area contributed by atoms with Crippen LogP contribution in [-0.2, 0) is 24.8 Å². The van der Waals surface area contributed by atoms with Gasteiger partial charge in [-0.25, -0.2) is 9.96 Å². The lowest BCUT2D eigenvalue weighted by atomic mass is 9.77. The van der Waals surface area contributed by atoms with Crippen molar-refractivity contribution in [1.82, 2.24) is 0 Å². The highest BCUT2D eigenvalue weighted by molar-refractivity contribution is 6.27. The SMILES string of the molecule is Cc1ccc(N2C(=O)[C@H]3ON(c4ccccc4)[C@@]4(C(=O)Nc5ccccc54)[C@H]3C2=O)cc1. The number of rotatable bonds is 2. The van der Waals surface area contributed by atoms with Crippen LogP contribution < -0.4 is 15.3 Å². The second kappa shape index (κ2) is 6.51. The molecule has 0 aliphatic carbocycles. The molecule has 0 saturated carbocycles. The molecule has 3 aliphatic rings. The molecule has 3 heterocycles. The molecule has 0 bridgehead atoms. The number of anilines is 3. The van der Waals surface area contributed by atoms with Gasteiger partial charge in [0.05, 0.1) is 11.4 Å². The first-order chi connectivity index (χ1) is 15.5. The second-order valence-corrected chi connectivity index (χ2v) is 8.25. The summed E-state index contributed by atoms with van der Waals surface area (Å²) in [7, 11) is 0. The Labute approximate surface area is 184 Å². The van der Waals surface area contributed by atoms with Crippen molar-refractivity contribution >= 4 is 34.8 Å². The van der Waals surface area contributed by atoms with Crippen LogP contribution in [0.15, 0.2) is 78.9 Å². The first-order valence-corrected chi connectivity index (χ1v) is 10.4. The number of amides is 3. The minimum Gasteiger partial charge on any atom is -0.323 e. The fourth-order valence-electron chi connectivity index (χ4n) is 5.02. The maximum absolute atomic E-state index is 13.8. The van der Waals surface area contributed by atoms with Gasteiger partial charge in [-0.2, -0.15) is 0 Å². The molecule has 1 N–H and O–H groups in total. The molecule has 7 nitrogen and oxygen atoms in total. The quantitative estimate of drug-likeness (QED) is 0.638. The van der Waals surface area contributed by atoms with Gasteiger partial charge in [-0.3, -0.25) is 19.2 Å². The average molecular weight is 425 g/mol. The topological polar surface area (TPSA) is 79.0 Å². The zero-order chi connectivity index (χ0) is 22.0. The maximum atomic E-state index is 13.8. The molecule has 0 aromatic heterocycles. The molecule has 6 rings (SSSR count). The first kappa shape index (κ1) is 18.8. The zero-order valence-corrected chi connectivity index (χ0v) is 17.2. The van der Waals surface area contributed by atoms with Gasteiger partial charge >= 0.3 is 0 Å². The van der Waals surface area contributed by atoms with Crippen LogP contribution in [0, 0.1) is 12.8 Å². The summed E-state index contributed by atoms with van der Waals surface area (Å²) in [4.78, 5) is 48.1. The summed E-state index contributed by atoms with van der Waals surface area (Å²) < 4.78 is 0. The molecular formula is C25H19N3O4. The van der Waals surface area contributed by atoms with Gasteiger partial charge in [0.15, 0.2) is 11.6 Å². The number of nitrogens with zero attached hydrogens (tertiary/aromatic N) is 2. The molecule has 3 aromatic rings. The van der Waals surface area contributed by atoms with Gasteiger partial charge in [-0.1, -0.05) is 54.1 Å². The van der Waals surface area contributed by atoms with Crippen LogP contribution in [0.2, 0.25) is 0 Å². The zero-order valence-electron chi connectivity index (χ0n) is 17.2. The van der Waals surface area contributed by atoms with Crippen LogP contribution >= 0.6 is 0 Å². The van der Waals surface area contributed by atoms with Crippen molar-refractivity contribution in [1.29, 1.82) is 0 Å². The summed E-state index contributed by atoms with van der Waals surface area (Å²) in [5.74, 6) is -2.34. The number of benzene rings is 3. The molecule has 2 saturated heterocycles. The van der Waals surface area contributed by atoms with Crippen LogP contribution in [0.5, 0.6) is 0 Å². The Balaban J connectivity index is 1.55. The summed E-state index contributed by atoms with van der Waals surface area (Å²) in [5, 5.41) is 4.35. The number of carbonyl (C=O) groups excluding carboxylic acids is 3. The lowest BCUT2D eigenvalue weighted by molar-refractivity contribution is -0.130. The van der Waals surface area contributed by atoms with Crippen LogP contribution in [0.25, 0.3) is 0 Å². The van der Waals surface area contributed by atoms with Crippen molar-refractivity contribution in [3.63, 3.8) is 0 Å². The van der Waals surface area contributed by atoms with Gasteiger partial charge in [0.2, 0.25) is 5.91 Å². The lowest BCUT2D eigenvalue weighted by Gasteiger charge is -2.35. The third-order valence-corrected chi connectivity index (χ3v) is 6.46. The van der Waals surface area contributed by atoms with Crippen molar-refractivity contribution in [2.24, 2.45) is 5.92 Å². The molecule has 158 valence electrons. The Morgan fingerprint density at radius 3 is 2.25 bits per heavy atom. The van der Waals surface area contributed by atoms with Crippen LogP contribution in [0.1, 0.15) is 11.1 Å². The normalized spacial score (nSPS) is 26.0. The third kappa shape index (κ3) is 2.26. The minimum atomic E-state index is -1.49. The molecule has 3 aromatic carbocycles. The summed E-state index contributed by atoms with van der Waals surface area (Å²) >= 11 is 0. The Bertz CT molecular complexity index is 1270. The Hall–Kier alpha value is -3.97. The molecular weight excluding hydrogens is 406 g/mol. The number of nitrogens with one attached hydrogen (secondary N) is 1. The lowest BCUT2D eigenvalue weighted by Crippen LogP contribution is -2.53. The van der Waals surface area contributed by atoms with E-state index in [0.29, 0.717) is 22.6 Å². The summed E-state index contributed by atoms with van der Waals surface area (Å²) in [6, 6.07) is 23.5. The van der Waals surface area contributed by atoms with Crippen LogP contribution in [0.3, 0.4) is 0 Å². The minimum absolute atomic E-state index is 0.387. The van der Waals surface area contributed by atoms with Gasteiger partial charge in [0, 0.05) is 11.3 Å². The predicted octanol–water partition coefficient (Wildman–Crippen LogP) is 3.15. The highest BCUT2D eigenvalue weighted by atomic mass is 16.7. The highest BCUT2D eigenvalue weighted by Crippen LogP contribution is 2.56. The average Bonchev–Trinajstić information content (AvgIpc) is 3.40. The van der Waals surface area contributed by atoms with E-state index in [4.69, 9.17) is 4.84 Å². The number of fused-ring (bicyclic) bond motifs is 4. The van der Waals surface area contributed by atoms with Crippen molar-refractivity contribution < 1.29 is 19.2 Å². The van der Waals surface area contributed by atoms with E-state index in [1.165, 1.54) is 5.06 Å². The van der Waals surface area contributed by atoms with Gasteiger partial charge < -0.3 is 5.32 Å². The van der Waals surface area contributed by atoms with E-state index < -0.39 is 29.4 Å². The van der Waals surface area contributed by atoms with E-state index in [1.807, 2.05) is 49.4 Å². The number of hydrogen-bond donors (Lipinski definition) is 1. The van der Waals surface area contributed by atoms with Crippen molar-refractivity contribution in [2.45, 2.75) is 18.6 Å². The number of hydroxylamine groups is 1. The van der Waals surface area contributed by atoms with Crippen LogP contribution in [-0.4, -0.2) is 23.8 Å². The number of carbonyl (C=O) groups is 3. The maximum Gasteiger partial charge on any atom is 0.266 e. The second-order valence-electron chi connectivity index (χ2n) is 8.25. The van der Waals surface area contributed by atoms with Crippen molar-refractivity contribution in [3.05, 3.63) is 90.0 Å². The Kier molecular flexibility index (Phi) is 3.82. The first-order valence-electron chi connectivity index (χ1n) is 10.4. The summed E-state index contributed by atoms with van der Waals surface area (Å²) in [6.45, 7) is 1.93. The Morgan fingerprint density at radius 1 is 0.812 bits per heavy atom. The largest absolute Gasteiger partial charge is 0.323 e. The number of imide groups is 1. The molecule has 7 heteroatoms. The summed E-state index contributed by atoms with van der Waals surface area (Å²) in [6.07, 6.45) is -1.11. The van der Waals surface area contributed by atoms with Gasteiger partial charge in [0.25, 0.3) is 11.8 Å². The molecule has 3 atom stereocenters. The molecule has 3 amide bonds. The standard InChI is InChI=1S/C25H19N3O4/c1-15-11-13-16(14-12-15)27-22(29)20-21(23(27)30)32-28(17-7-3-2-4-8-17)25(20)18-9-5-6-10-19(18)26-24(25)31/h2-14,20-21H,1H3,(H,26,31)/t20-,21+,25-/m1/s1. The van der Waals surface area contributed by atoms with E-state index in [1.54, 1.807) is 36.4 Å². The van der Waals surface area contributed by atoms with Crippen LogP contribution in [0.4, 0.5) is 17.1 Å². The van der Waals surface area contributed by atoms with Gasteiger partial charge in [-0.15, -0.1) is 0 Å². The molecule has 0 unspecified atom stereocenters. The van der Waals surface area contributed by atoms with E-state index in [-0.39, 0.29) is 5.91 Å². The van der Waals surface area contributed by atoms with E-state index in [2.05, 4.69) is 5.32 Å². The fourth-order valence-corrected chi connectivity index (χ4v) is 5.02. The molecule has 0 radical (unpaired) electrons. The smallest absolute Gasteiger partial charge is 0.266 e. The Morgan fingerprint density at radius 2 is 1.50 bits per heavy atom. The molecule has 2 fully saturated rings. The predicted molar refractivity (Wildman–Crippen MR) is 118 cm³/mol. The molecule has 32 heavy (non-hydrogen) atoms. The number of para-hydroxylation sites is 2. The van der Waals surface area contributed by atoms with E-state index in [0.717, 1.165) is 10.5 Å². The van der Waals surface area contributed by atoms with E-state index in [9.17, 15) is 14.4 Å². The van der Waals surface area contributed by atoms with Gasteiger partial charge in [-0.05, 0) is 37.3 Å². The van der Waals surface area contributed by atoms with Crippen molar-refractivity contribution in [3.8, 4) is 0 Å². The molecule has 3 aliphatic heterocycles. The number of aryl methyl sites for hydroxylation is 1. The fraction of sp³-hybridized carbons (Fsp3) is 0.160. The van der Waals surface area contributed by atoms with Gasteiger partial charge in [0.1, 0.15) is 5.92 Å². The summed E-state index contributed by atoms with van der Waals surface area (Å²) in [5.41, 5.74) is 1.81. The van der Waals surface area contributed by atoms with E-state index >= 15 is 0 Å². The molecule has 1 spiro atoms. The highest BCUT2D eigenvalue weighted by Gasteiger charge is 2.73. The van der Waals surface area contributed by atoms with Crippen molar-refractivity contribution in [2.75, 3.05) is 15.3 Å².